The summed E-state index contributed by atoms with van der Waals surface area (Å²) in [6, 6.07) is 0. The van der Waals surface area contributed by atoms with Gasteiger partial charge in [-0.05, 0) is 43.8 Å². The van der Waals surface area contributed by atoms with E-state index < -0.39 is 0 Å². The van der Waals surface area contributed by atoms with E-state index in [0.717, 1.165) is 0 Å². The van der Waals surface area contributed by atoms with Crippen LogP contribution in [-0.2, 0) is 0 Å². The molecular weight excluding hydrogens is 108 g/mol. The molecule has 0 heteroatoms. The normalized spacial score (nSPS) is 24.9. The van der Waals surface area contributed by atoms with Crippen LogP contribution in [0, 0.1) is 6.08 Å². The van der Waals surface area contributed by atoms with Gasteiger partial charge >= 0.3 is 0 Å². The van der Waals surface area contributed by atoms with Crippen LogP contribution in [0.2, 0.25) is 0 Å². The van der Waals surface area contributed by atoms with Crippen molar-refractivity contribution in [2.75, 3.05) is 0 Å². The molecule has 0 unspecified atom stereocenters. The second kappa shape index (κ2) is 2.02. The van der Waals surface area contributed by atoms with E-state index in [1.54, 1.807) is 11.1 Å². The molecule has 2 rings (SSSR count). The van der Waals surface area contributed by atoms with Gasteiger partial charge in [-0.25, -0.2) is 0 Å². The summed E-state index contributed by atoms with van der Waals surface area (Å²) in [6.45, 7) is 0. The van der Waals surface area contributed by atoms with Crippen molar-refractivity contribution in [1.29, 1.82) is 0 Å². The minimum atomic E-state index is 1.17. The van der Waals surface area contributed by atoms with Crippen molar-refractivity contribution in [2.24, 2.45) is 0 Å². The van der Waals surface area contributed by atoms with Crippen LogP contribution in [0.1, 0.15) is 32.1 Å². The second-order valence-electron chi connectivity index (χ2n) is 2.83. The van der Waals surface area contributed by atoms with Crippen molar-refractivity contribution < 1.29 is 0 Å². The third-order valence-corrected chi connectivity index (χ3v) is 2.23. The smallest absolute Gasteiger partial charge is 0.0238 e. The van der Waals surface area contributed by atoms with Crippen LogP contribution in [-0.4, -0.2) is 0 Å². The average molecular weight is 119 g/mol. The van der Waals surface area contributed by atoms with E-state index in [2.05, 4.69) is 12.2 Å². The number of hydrogen-bond acceptors (Lipinski definition) is 0. The molecule has 0 amide bonds. The second-order valence-corrected chi connectivity index (χ2v) is 2.83. The van der Waals surface area contributed by atoms with Crippen LogP contribution in [0.4, 0.5) is 0 Å². The lowest BCUT2D eigenvalue weighted by Crippen LogP contribution is -1.86. The van der Waals surface area contributed by atoms with Crippen molar-refractivity contribution in [2.45, 2.75) is 32.1 Å². The SMILES string of the molecule is [C]1=CC2=C(CC1)CCC2. The fourth-order valence-electron chi connectivity index (χ4n) is 1.71. The van der Waals surface area contributed by atoms with Crippen molar-refractivity contribution >= 4 is 0 Å². The molecule has 0 aromatic heterocycles. The molecule has 0 aromatic rings. The van der Waals surface area contributed by atoms with Gasteiger partial charge in [-0.1, -0.05) is 11.6 Å². The fraction of sp³-hybridized carbons (Fsp3) is 0.556. The van der Waals surface area contributed by atoms with E-state index in [1.807, 2.05) is 0 Å². The predicted octanol–water partition coefficient (Wildman–Crippen LogP) is 2.62. The van der Waals surface area contributed by atoms with Gasteiger partial charge in [0.2, 0.25) is 0 Å². The molecule has 47 valence electrons. The van der Waals surface area contributed by atoms with Crippen molar-refractivity contribution in [3.63, 3.8) is 0 Å². The largest absolute Gasteiger partial charge is 0.0667 e. The van der Waals surface area contributed by atoms with Crippen molar-refractivity contribution in [1.82, 2.24) is 0 Å². The highest BCUT2D eigenvalue weighted by Gasteiger charge is 2.13. The molecule has 2 aliphatic rings. The first-order valence-corrected chi connectivity index (χ1v) is 3.74. The molecule has 0 heterocycles. The summed E-state index contributed by atoms with van der Waals surface area (Å²) in [4.78, 5) is 0. The van der Waals surface area contributed by atoms with Crippen LogP contribution in [0.25, 0.3) is 0 Å². The van der Waals surface area contributed by atoms with E-state index in [0.29, 0.717) is 0 Å². The van der Waals surface area contributed by atoms with Gasteiger partial charge in [0.15, 0.2) is 0 Å². The van der Waals surface area contributed by atoms with E-state index in [-0.39, 0.29) is 0 Å². The molecule has 0 aliphatic heterocycles. The van der Waals surface area contributed by atoms with Gasteiger partial charge in [0.25, 0.3) is 0 Å². The molecule has 0 nitrogen and oxygen atoms in total. The quantitative estimate of drug-likeness (QED) is 0.460. The van der Waals surface area contributed by atoms with E-state index in [1.165, 1.54) is 32.1 Å². The Kier molecular flexibility index (Phi) is 1.18. The third kappa shape index (κ3) is 0.827. The van der Waals surface area contributed by atoms with Crippen molar-refractivity contribution in [3.8, 4) is 0 Å². The third-order valence-electron chi connectivity index (χ3n) is 2.23. The van der Waals surface area contributed by atoms with E-state index in [4.69, 9.17) is 0 Å². The Morgan fingerprint density at radius 3 is 3.11 bits per heavy atom. The first-order chi connectivity index (χ1) is 4.47. The highest BCUT2D eigenvalue weighted by Crippen LogP contribution is 2.32. The van der Waals surface area contributed by atoms with Gasteiger partial charge in [-0.15, -0.1) is 0 Å². The summed E-state index contributed by atoms with van der Waals surface area (Å²) in [5.74, 6) is 0. The lowest BCUT2D eigenvalue weighted by molar-refractivity contribution is 0.852. The predicted molar refractivity (Wildman–Crippen MR) is 37.9 cm³/mol. The zero-order valence-electron chi connectivity index (χ0n) is 5.61. The van der Waals surface area contributed by atoms with E-state index in [9.17, 15) is 0 Å². The van der Waals surface area contributed by atoms with Gasteiger partial charge in [-0.2, -0.15) is 0 Å². The standard InChI is InChI=1S/C9H11/c1-2-5-9-7-3-6-8(9)4-1/h5H,1,3-4,6-7H2. The Balaban J connectivity index is 2.28. The van der Waals surface area contributed by atoms with Crippen LogP contribution >= 0.6 is 0 Å². The molecular formula is C9H11. The molecule has 0 spiro atoms. The zero-order chi connectivity index (χ0) is 6.10. The van der Waals surface area contributed by atoms with Gasteiger partial charge in [0, 0.05) is 0 Å². The summed E-state index contributed by atoms with van der Waals surface area (Å²) < 4.78 is 0. The minimum Gasteiger partial charge on any atom is -0.0667 e. The fourth-order valence-corrected chi connectivity index (χ4v) is 1.71. The van der Waals surface area contributed by atoms with Gasteiger partial charge in [-0.3, -0.25) is 0 Å². The Morgan fingerprint density at radius 2 is 2.22 bits per heavy atom. The molecule has 2 aliphatic carbocycles. The Bertz CT molecular complexity index is 172. The molecule has 0 fully saturated rings. The topological polar surface area (TPSA) is 0 Å². The Morgan fingerprint density at radius 1 is 1.22 bits per heavy atom. The average Bonchev–Trinajstić information content (AvgIpc) is 2.33. The summed E-state index contributed by atoms with van der Waals surface area (Å²) in [6.07, 6.45) is 12.0. The lowest BCUT2D eigenvalue weighted by atomic mass is 10.0. The molecule has 0 bridgehead atoms. The van der Waals surface area contributed by atoms with Gasteiger partial charge in [0.05, 0.1) is 0 Å². The zero-order valence-corrected chi connectivity index (χ0v) is 5.61. The highest BCUT2D eigenvalue weighted by molar-refractivity contribution is 5.31. The molecule has 0 N–H and O–H groups in total. The van der Waals surface area contributed by atoms with Crippen LogP contribution in [0.15, 0.2) is 17.2 Å². The Labute approximate surface area is 56.3 Å². The summed E-state index contributed by atoms with van der Waals surface area (Å²) in [5, 5.41) is 0. The van der Waals surface area contributed by atoms with Crippen LogP contribution in [0.5, 0.6) is 0 Å². The van der Waals surface area contributed by atoms with Gasteiger partial charge < -0.3 is 0 Å². The van der Waals surface area contributed by atoms with Crippen LogP contribution in [0.3, 0.4) is 0 Å². The molecule has 0 atom stereocenters. The highest BCUT2D eigenvalue weighted by atomic mass is 14.2. The first kappa shape index (κ1) is 5.28. The number of allylic oxidation sites excluding steroid dienone is 4. The van der Waals surface area contributed by atoms with E-state index >= 15 is 0 Å². The van der Waals surface area contributed by atoms with Crippen molar-refractivity contribution in [3.05, 3.63) is 23.3 Å². The molecule has 0 saturated carbocycles. The molecule has 0 saturated heterocycles. The maximum absolute atomic E-state index is 3.27. The summed E-state index contributed by atoms with van der Waals surface area (Å²) >= 11 is 0. The van der Waals surface area contributed by atoms with Crippen LogP contribution < -0.4 is 0 Å². The number of rotatable bonds is 0. The number of hydrogen-bond donors (Lipinski definition) is 0. The molecule has 1 radical (unpaired) electrons. The minimum absolute atomic E-state index is 1.17. The Hall–Kier alpha value is -0.520. The maximum Gasteiger partial charge on any atom is -0.0238 e. The monoisotopic (exact) mass is 119 g/mol. The maximum atomic E-state index is 3.27. The summed E-state index contributed by atoms with van der Waals surface area (Å²) in [7, 11) is 0. The first-order valence-electron chi connectivity index (χ1n) is 3.74. The molecule has 9 heavy (non-hydrogen) atoms. The molecule has 0 aromatic carbocycles. The van der Waals surface area contributed by atoms with Gasteiger partial charge in [0.1, 0.15) is 0 Å². The lowest BCUT2D eigenvalue weighted by Gasteiger charge is -2.05. The summed E-state index contributed by atoms with van der Waals surface area (Å²) in [5.41, 5.74) is 3.31.